The molecule has 1 nitrogen and oxygen atoms in total. The molecule has 0 saturated heterocycles. The van der Waals surface area contributed by atoms with E-state index < -0.39 is 0 Å². The molecular formula is C19H23N. The van der Waals surface area contributed by atoms with Gasteiger partial charge in [-0.2, -0.15) is 0 Å². The Morgan fingerprint density at radius 1 is 1.10 bits per heavy atom. The lowest BCUT2D eigenvalue weighted by Crippen LogP contribution is -2.12. The molecule has 2 aromatic rings. The molecule has 2 aromatic carbocycles. The predicted octanol–water partition coefficient (Wildman–Crippen LogP) is 4.53. The first-order valence-corrected chi connectivity index (χ1v) is 7.55. The quantitative estimate of drug-likeness (QED) is 0.771. The van der Waals surface area contributed by atoms with Crippen LogP contribution in [0.1, 0.15) is 29.2 Å². The van der Waals surface area contributed by atoms with E-state index in [4.69, 9.17) is 0 Å². The summed E-state index contributed by atoms with van der Waals surface area (Å²) in [5.41, 5.74) is 10.1. The summed E-state index contributed by atoms with van der Waals surface area (Å²) < 4.78 is 0. The molecule has 104 valence electrons. The van der Waals surface area contributed by atoms with Crippen LogP contribution in [0.25, 0.3) is 11.1 Å². The van der Waals surface area contributed by atoms with Crippen molar-refractivity contribution >= 4 is 5.69 Å². The van der Waals surface area contributed by atoms with Crippen molar-refractivity contribution in [3.05, 3.63) is 52.6 Å². The zero-order chi connectivity index (χ0) is 14.3. The highest BCUT2D eigenvalue weighted by Crippen LogP contribution is 2.40. The number of aryl methyl sites for hydroxylation is 2. The van der Waals surface area contributed by atoms with E-state index in [9.17, 15) is 0 Å². The maximum absolute atomic E-state index is 2.39. The van der Waals surface area contributed by atoms with Gasteiger partial charge in [-0.1, -0.05) is 36.8 Å². The Bertz CT molecular complexity index is 638. The van der Waals surface area contributed by atoms with Crippen LogP contribution < -0.4 is 4.90 Å². The summed E-state index contributed by atoms with van der Waals surface area (Å²) >= 11 is 0. The van der Waals surface area contributed by atoms with Crippen molar-refractivity contribution in [2.45, 2.75) is 33.6 Å². The summed E-state index contributed by atoms with van der Waals surface area (Å²) in [4.78, 5) is 2.39. The monoisotopic (exact) mass is 265 g/mol. The van der Waals surface area contributed by atoms with Gasteiger partial charge in [0, 0.05) is 19.3 Å². The smallest absolute Gasteiger partial charge is 0.0406 e. The van der Waals surface area contributed by atoms with Crippen LogP contribution in [-0.4, -0.2) is 13.6 Å². The highest BCUT2D eigenvalue weighted by atomic mass is 15.1. The number of fused-ring (bicyclic) bond motifs is 1. The average molecular weight is 265 g/mol. The van der Waals surface area contributed by atoms with E-state index in [1.165, 1.54) is 39.9 Å². The zero-order valence-electron chi connectivity index (χ0n) is 13.0. The third-order valence-corrected chi connectivity index (χ3v) is 4.54. The Balaban J connectivity index is 2.27. The minimum absolute atomic E-state index is 1.10. The van der Waals surface area contributed by atoms with Crippen molar-refractivity contribution in [2.24, 2.45) is 0 Å². The number of rotatable bonds is 2. The van der Waals surface area contributed by atoms with Crippen LogP contribution >= 0.6 is 0 Å². The van der Waals surface area contributed by atoms with Crippen LogP contribution in [0, 0.1) is 13.8 Å². The fourth-order valence-corrected chi connectivity index (χ4v) is 3.40. The molecular weight excluding hydrogens is 242 g/mol. The molecule has 0 atom stereocenters. The van der Waals surface area contributed by atoms with Crippen molar-refractivity contribution in [1.82, 2.24) is 0 Å². The molecule has 1 aliphatic rings. The van der Waals surface area contributed by atoms with Crippen LogP contribution in [0.5, 0.6) is 0 Å². The van der Waals surface area contributed by atoms with Crippen molar-refractivity contribution in [3.8, 4) is 11.1 Å². The molecule has 1 aliphatic heterocycles. The van der Waals surface area contributed by atoms with E-state index in [0.29, 0.717) is 0 Å². The SMILES string of the molecule is CCc1c(C)cc2c(c1-c1ccc(C)cc1)CCN2C. The summed E-state index contributed by atoms with van der Waals surface area (Å²) in [5, 5.41) is 0. The summed E-state index contributed by atoms with van der Waals surface area (Å²) in [6, 6.07) is 11.4. The van der Waals surface area contributed by atoms with Gasteiger partial charge in [-0.05, 0) is 60.6 Å². The third kappa shape index (κ3) is 2.02. The van der Waals surface area contributed by atoms with Gasteiger partial charge < -0.3 is 4.90 Å². The Morgan fingerprint density at radius 2 is 1.80 bits per heavy atom. The molecule has 20 heavy (non-hydrogen) atoms. The molecule has 0 aromatic heterocycles. The van der Waals surface area contributed by atoms with Gasteiger partial charge in [0.25, 0.3) is 0 Å². The van der Waals surface area contributed by atoms with Gasteiger partial charge >= 0.3 is 0 Å². The van der Waals surface area contributed by atoms with Crippen molar-refractivity contribution < 1.29 is 0 Å². The topological polar surface area (TPSA) is 3.24 Å². The molecule has 0 aliphatic carbocycles. The lowest BCUT2D eigenvalue weighted by Gasteiger charge is -2.19. The lowest BCUT2D eigenvalue weighted by atomic mass is 9.88. The summed E-state index contributed by atoms with van der Waals surface area (Å²) in [7, 11) is 2.20. The minimum Gasteiger partial charge on any atom is -0.374 e. The van der Waals surface area contributed by atoms with Gasteiger partial charge in [-0.15, -0.1) is 0 Å². The Labute approximate surface area is 122 Å². The van der Waals surface area contributed by atoms with E-state index in [1.54, 1.807) is 5.56 Å². The van der Waals surface area contributed by atoms with Crippen LogP contribution in [0.15, 0.2) is 30.3 Å². The molecule has 1 heterocycles. The van der Waals surface area contributed by atoms with Gasteiger partial charge in [0.2, 0.25) is 0 Å². The predicted molar refractivity (Wildman–Crippen MR) is 87.7 cm³/mol. The van der Waals surface area contributed by atoms with E-state index >= 15 is 0 Å². The van der Waals surface area contributed by atoms with Gasteiger partial charge in [0.15, 0.2) is 0 Å². The first kappa shape index (κ1) is 13.2. The minimum atomic E-state index is 1.10. The highest BCUT2D eigenvalue weighted by Gasteiger charge is 2.23. The maximum atomic E-state index is 2.39. The van der Waals surface area contributed by atoms with Gasteiger partial charge in [-0.25, -0.2) is 0 Å². The Morgan fingerprint density at radius 3 is 2.45 bits per heavy atom. The fraction of sp³-hybridized carbons (Fsp3) is 0.368. The number of benzene rings is 2. The second-order valence-electron chi connectivity index (χ2n) is 5.94. The van der Waals surface area contributed by atoms with E-state index in [1.807, 2.05) is 0 Å². The maximum Gasteiger partial charge on any atom is 0.0406 e. The largest absolute Gasteiger partial charge is 0.374 e. The van der Waals surface area contributed by atoms with Crippen LogP contribution in [0.4, 0.5) is 5.69 Å². The second kappa shape index (κ2) is 4.97. The summed E-state index contributed by atoms with van der Waals surface area (Å²) in [6.45, 7) is 7.81. The van der Waals surface area contributed by atoms with Gasteiger partial charge in [0.05, 0.1) is 0 Å². The molecule has 0 saturated carbocycles. The average Bonchev–Trinajstić information content (AvgIpc) is 2.80. The molecule has 3 rings (SSSR count). The van der Waals surface area contributed by atoms with Crippen LogP contribution in [-0.2, 0) is 12.8 Å². The second-order valence-corrected chi connectivity index (χ2v) is 5.94. The standard InChI is InChI=1S/C19H23N/c1-5-16-14(3)12-18-17(10-11-20(18)4)19(16)15-8-6-13(2)7-9-15/h6-9,12H,5,10-11H2,1-4H3. The van der Waals surface area contributed by atoms with Crippen LogP contribution in [0.3, 0.4) is 0 Å². The van der Waals surface area contributed by atoms with E-state index in [2.05, 4.69) is 63.1 Å². The first-order valence-electron chi connectivity index (χ1n) is 7.55. The number of hydrogen-bond donors (Lipinski definition) is 0. The number of likely N-dealkylation sites (N-methyl/N-ethyl adjacent to an activating group) is 1. The highest BCUT2D eigenvalue weighted by molar-refractivity contribution is 5.80. The van der Waals surface area contributed by atoms with E-state index in [-0.39, 0.29) is 0 Å². The number of hydrogen-bond acceptors (Lipinski definition) is 1. The molecule has 0 spiro atoms. The molecule has 0 fully saturated rings. The van der Waals surface area contributed by atoms with Gasteiger partial charge in [0.1, 0.15) is 0 Å². The fourth-order valence-electron chi connectivity index (χ4n) is 3.40. The molecule has 0 bridgehead atoms. The normalized spacial score (nSPS) is 13.7. The molecule has 0 amide bonds. The van der Waals surface area contributed by atoms with Gasteiger partial charge in [-0.3, -0.25) is 0 Å². The zero-order valence-corrected chi connectivity index (χ0v) is 13.0. The number of anilines is 1. The summed E-state index contributed by atoms with van der Waals surface area (Å²) in [5.74, 6) is 0. The van der Waals surface area contributed by atoms with E-state index in [0.717, 1.165) is 13.0 Å². The first-order chi connectivity index (χ1) is 9.61. The van der Waals surface area contributed by atoms with Crippen molar-refractivity contribution in [3.63, 3.8) is 0 Å². The van der Waals surface area contributed by atoms with Crippen LogP contribution in [0.2, 0.25) is 0 Å². The Hall–Kier alpha value is -1.76. The summed E-state index contributed by atoms with van der Waals surface area (Å²) in [6.07, 6.45) is 2.27. The third-order valence-electron chi connectivity index (χ3n) is 4.54. The molecule has 1 heteroatoms. The molecule has 0 unspecified atom stereocenters. The molecule has 0 radical (unpaired) electrons. The lowest BCUT2D eigenvalue weighted by molar-refractivity contribution is 0.956. The van der Waals surface area contributed by atoms with Crippen molar-refractivity contribution in [2.75, 3.05) is 18.5 Å². The Kier molecular flexibility index (Phi) is 3.29. The number of nitrogens with zero attached hydrogens (tertiary/aromatic N) is 1. The molecule has 0 N–H and O–H groups in total. The van der Waals surface area contributed by atoms with Crippen molar-refractivity contribution in [1.29, 1.82) is 0 Å².